The van der Waals surface area contributed by atoms with Gasteiger partial charge in [-0.05, 0) is 26.3 Å². The molecule has 3 atom stereocenters. The molecule has 20 heavy (non-hydrogen) atoms. The molecule has 0 amide bonds. The van der Waals surface area contributed by atoms with Crippen molar-refractivity contribution in [3.05, 3.63) is 35.9 Å². The maximum atomic E-state index is 11.6. The molecule has 0 saturated carbocycles. The van der Waals surface area contributed by atoms with Crippen LogP contribution in [0.3, 0.4) is 0 Å². The predicted octanol–water partition coefficient (Wildman–Crippen LogP) is 1.17. The summed E-state index contributed by atoms with van der Waals surface area (Å²) in [7, 11) is -3.63. The van der Waals surface area contributed by atoms with E-state index >= 15 is 0 Å². The van der Waals surface area contributed by atoms with Crippen molar-refractivity contribution < 1.29 is 8.42 Å². The molecule has 112 valence electrons. The highest BCUT2D eigenvalue weighted by Gasteiger charge is 2.39. The average molecular weight is 297 g/mol. The minimum Gasteiger partial charge on any atom is -0.291 e. The van der Waals surface area contributed by atoms with E-state index in [9.17, 15) is 8.42 Å². The molecule has 2 rings (SSSR count). The number of nitrogens with two attached hydrogens (primary N) is 1. The van der Waals surface area contributed by atoms with Gasteiger partial charge in [-0.3, -0.25) is 4.90 Å². The van der Waals surface area contributed by atoms with Crippen molar-refractivity contribution >= 4 is 10.2 Å². The van der Waals surface area contributed by atoms with E-state index in [0.29, 0.717) is 6.54 Å². The van der Waals surface area contributed by atoms with Crippen molar-refractivity contribution in [1.82, 2.24) is 9.21 Å². The third-order valence-electron chi connectivity index (χ3n) is 4.22. The van der Waals surface area contributed by atoms with Gasteiger partial charge in [0.25, 0.3) is 10.2 Å². The summed E-state index contributed by atoms with van der Waals surface area (Å²) in [5.74, 6) is 0. The Balaban J connectivity index is 2.17. The van der Waals surface area contributed by atoms with Crippen molar-refractivity contribution in [3.8, 4) is 0 Å². The van der Waals surface area contributed by atoms with E-state index in [1.54, 1.807) is 0 Å². The molecule has 1 saturated heterocycles. The maximum absolute atomic E-state index is 11.6. The molecule has 5 nitrogen and oxygen atoms in total. The molecule has 1 aliphatic heterocycles. The third-order valence-corrected chi connectivity index (χ3v) is 5.36. The van der Waals surface area contributed by atoms with Crippen molar-refractivity contribution in [3.63, 3.8) is 0 Å². The Labute approximate surface area is 121 Å². The van der Waals surface area contributed by atoms with Gasteiger partial charge in [-0.2, -0.15) is 12.7 Å². The molecule has 0 radical (unpaired) electrons. The average Bonchev–Trinajstić information content (AvgIpc) is 2.39. The molecule has 6 heteroatoms. The van der Waals surface area contributed by atoms with E-state index in [1.165, 1.54) is 9.87 Å². The highest BCUT2D eigenvalue weighted by Crippen LogP contribution is 2.24. The van der Waals surface area contributed by atoms with Crippen molar-refractivity contribution in [2.45, 2.75) is 45.4 Å². The summed E-state index contributed by atoms with van der Waals surface area (Å²) in [4.78, 5) is 2.34. The summed E-state index contributed by atoms with van der Waals surface area (Å²) < 4.78 is 24.7. The van der Waals surface area contributed by atoms with Crippen LogP contribution in [-0.4, -0.2) is 42.3 Å². The smallest absolute Gasteiger partial charge is 0.277 e. The van der Waals surface area contributed by atoms with Gasteiger partial charge in [0, 0.05) is 31.2 Å². The van der Waals surface area contributed by atoms with Crippen molar-refractivity contribution in [1.29, 1.82) is 0 Å². The predicted molar refractivity (Wildman–Crippen MR) is 80.2 cm³/mol. The van der Waals surface area contributed by atoms with E-state index < -0.39 is 10.2 Å². The first-order chi connectivity index (χ1) is 9.30. The summed E-state index contributed by atoms with van der Waals surface area (Å²) in [5, 5.41) is 5.30. The lowest BCUT2D eigenvalue weighted by atomic mass is 10.0. The van der Waals surface area contributed by atoms with Crippen LogP contribution in [0.15, 0.2) is 30.3 Å². The largest absolute Gasteiger partial charge is 0.291 e. The topological polar surface area (TPSA) is 66.6 Å². The van der Waals surface area contributed by atoms with Gasteiger partial charge in [-0.25, -0.2) is 5.14 Å². The number of piperazine rings is 1. The fourth-order valence-electron chi connectivity index (χ4n) is 2.88. The van der Waals surface area contributed by atoms with Gasteiger partial charge < -0.3 is 0 Å². The lowest BCUT2D eigenvalue weighted by Crippen LogP contribution is -2.63. The minimum atomic E-state index is -3.63. The van der Waals surface area contributed by atoms with E-state index in [4.69, 9.17) is 5.14 Å². The van der Waals surface area contributed by atoms with E-state index in [2.05, 4.69) is 24.0 Å². The monoisotopic (exact) mass is 297 g/mol. The van der Waals surface area contributed by atoms with Gasteiger partial charge in [0.05, 0.1) is 0 Å². The fourth-order valence-corrected chi connectivity index (χ4v) is 3.94. The van der Waals surface area contributed by atoms with Gasteiger partial charge in [0.15, 0.2) is 0 Å². The van der Waals surface area contributed by atoms with Crippen LogP contribution in [0.1, 0.15) is 26.3 Å². The van der Waals surface area contributed by atoms with Gasteiger partial charge >= 0.3 is 0 Å². The van der Waals surface area contributed by atoms with Crippen LogP contribution in [0, 0.1) is 0 Å². The van der Waals surface area contributed by atoms with Crippen LogP contribution in [-0.2, 0) is 16.8 Å². The van der Waals surface area contributed by atoms with Crippen LogP contribution >= 0.6 is 0 Å². The molecular formula is C14H23N3O2S. The van der Waals surface area contributed by atoms with Crippen LogP contribution in [0.2, 0.25) is 0 Å². The number of nitrogens with zero attached hydrogens (tertiary/aromatic N) is 2. The molecule has 1 aliphatic rings. The summed E-state index contributed by atoms with van der Waals surface area (Å²) >= 11 is 0. The molecule has 1 aromatic rings. The molecule has 1 fully saturated rings. The second-order valence-corrected chi connectivity index (χ2v) is 7.10. The summed E-state index contributed by atoms with van der Waals surface area (Å²) in [6.07, 6.45) is 0. The second kappa shape index (κ2) is 5.81. The van der Waals surface area contributed by atoms with E-state index in [0.717, 1.165) is 6.54 Å². The third kappa shape index (κ3) is 3.20. The second-order valence-electron chi connectivity index (χ2n) is 5.60. The molecular weight excluding hydrogens is 274 g/mol. The summed E-state index contributed by atoms with van der Waals surface area (Å²) in [6.45, 7) is 7.28. The Bertz CT molecular complexity index is 547. The molecule has 2 N–H and O–H groups in total. The first kappa shape index (κ1) is 15.4. The number of benzene rings is 1. The molecule has 1 aromatic carbocycles. The fraction of sp³-hybridized carbons (Fsp3) is 0.571. The van der Waals surface area contributed by atoms with E-state index in [-0.39, 0.29) is 18.1 Å². The number of rotatable bonds is 3. The number of hydrogen-bond donors (Lipinski definition) is 1. The summed E-state index contributed by atoms with van der Waals surface area (Å²) in [6, 6.07) is 10.4. The van der Waals surface area contributed by atoms with Gasteiger partial charge in [-0.15, -0.1) is 0 Å². The van der Waals surface area contributed by atoms with Gasteiger partial charge in [-0.1, -0.05) is 30.3 Å². The lowest BCUT2D eigenvalue weighted by molar-refractivity contribution is 0.0339. The minimum absolute atomic E-state index is 0.120. The standard InChI is InChI=1S/C14H23N3O2S/c1-11-9-17(20(15,18)19)13(3)12(2)16(11)10-14-7-5-4-6-8-14/h4-8,11-13H,9-10H2,1-3H3,(H2,15,18,19). The Hall–Kier alpha value is -0.950. The highest BCUT2D eigenvalue weighted by molar-refractivity contribution is 7.86. The highest BCUT2D eigenvalue weighted by atomic mass is 32.2. The van der Waals surface area contributed by atoms with Crippen LogP contribution in [0.4, 0.5) is 0 Å². The molecule has 0 bridgehead atoms. The first-order valence-electron chi connectivity index (χ1n) is 6.90. The molecule has 1 heterocycles. The van der Waals surface area contributed by atoms with Crippen LogP contribution in [0.5, 0.6) is 0 Å². The first-order valence-corrected chi connectivity index (χ1v) is 8.40. The quantitative estimate of drug-likeness (QED) is 0.911. The molecule has 0 spiro atoms. The zero-order valence-corrected chi connectivity index (χ0v) is 13.0. The zero-order valence-electron chi connectivity index (χ0n) is 12.2. The SMILES string of the molecule is CC1CN(S(N)(=O)=O)C(C)C(C)N1Cc1ccccc1. The van der Waals surface area contributed by atoms with Crippen LogP contribution in [0.25, 0.3) is 0 Å². The number of hydrogen-bond acceptors (Lipinski definition) is 3. The van der Waals surface area contributed by atoms with Gasteiger partial charge in [0.2, 0.25) is 0 Å². The maximum Gasteiger partial charge on any atom is 0.277 e. The Morgan fingerprint density at radius 2 is 1.75 bits per heavy atom. The van der Waals surface area contributed by atoms with Crippen LogP contribution < -0.4 is 5.14 Å². The molecule has 3 unspecified atom stereocenters. The lowest BCUT2D eigenvalue weighted by Gasteiger charge is -2.47. The molecule has 0 aliphatic carbocycles. The molecule has 0 aromatic heterocycles. The van der Waals surface area contributed by atoms with Crippen molar-refractivity contribution in [2.24, 2.45) is 5.14 Å². The van der Waals surface area contributed by atoms with Gasteiger partial charge in [0.1, 0.15) is 0 Å². The zero-order chi connectivity index (χ0) is 14.9. The summed E-state index contributed by atoms with van der Waals surface area (Å²) in [5.41, 5.74) is 1.24. The Morgan fingerprint density at radius 1 is 1.15 bits per heavy atom. The Kier molecular flexibility index (Phi) is 4.49. The normalized spacial score (nSPS) is 29.5. The van der Waals surface area contributed by atoms with E-state index in [1.807, 2.05) is 32.0 Å². The van der Waals surface area contributed by atoms with Crippen molar-refractivity contribution in [2.75, 3.05) is 6.54 Å². The Morgan fingerprint density at radius 3 is 2.30 bits per heavy atom.